The number of hydrogen-bond acceptors (Lipinski definition) is 4. The van der Waals surface area contributed by atoms with Gasteiger partial charge in [-0.3, -0.25) is 5.10 Å². The van der Waals surface area contributed by atoms with Gasteiger partial charge < -0.3 is 9.47 Å². The van der Waals surface area contributed by atoms with Gasteiger partial charge in [0.05, 0.1) is 14.2 Å². The van der Waals surface area contributed by atoms with E-state index in [0.717, 1.165) is 41.6 Å². The number of rotatable bonds is 8. The maximum absolute atomic E-state index is 5.40. The van der Waals surface area contributed by atoms with Crippen LogP contribution >= 0.6 is 0 Å². The molecule has 0 fully saturated rings. The maximum atomic E-state index is 5.40. The molecular formula is C16H23N3O2. The molecule has 0 aliphatic rings. The summed E-state index contributed by atoms with van der Waals surface area (Å²) in [6, 6.07) is 5.81. The number of nitrogens with one attached hydrogen (secondary N) is 1. The number of hydrogen-bond donors (Lipinski definition) is 1. The third-order valence-corrected chi connectivity index (χ3v) is 3.43. The lowest BCUT2D eigenvalue weighted by molar-refractivity contribution is 0.391. The summed E-state index contributed by atoms with van der Waals surface area (Å²) in [7, 11) is 3.31. The first-order valence-corrected chi connectivity index (χ1v) is 7.37. The van der Waals surface area contributed by atoms with E-state index in [-0.39, 0.29) is 0 Å². The highest BCUT2D eigenvalue weighted by molar-refractivity contribution is 5.41. The Hall–Kier alpha value is -2.04. The van der Waals surface area contributed by atoms with Crippen molar-refractivity contribution in [1.29, 1.82) is 0 Å². The second kappa shape index (κ2) is 7.67. The molecule has 0 amide bonds. The fourth-order valence-corrected chi connectivity index (χ4v) is 2.24. The van der Waals surface area contributed by atoms with E-state index in [2.05, 4.69) is 22.1 Å². The zero-order valence-corrected chi connectivity index (χ0v) is 13.0. The van der Waals surface area contributed by atoms with E-state index < -0.39 is 0 Å². The van der Waals surface area contributed by atoms with Crippen molar-refractivity contribution in [3.8, 4) is 11.5 Å². The molecule has 0 unspecified atom stereocenters. The van der Waals surface area contributed by atoms with Gasteiger partial charge >= 0.3 is 0 Å². The Labute approximate surface area is 125 Å². The molecule has 0 saturated heterocycles. The van der Waals surface area contributed by atoms with Crippen LogP contribution in [0.5, 0.6) is 11.5 Å². The lowest BCUT2D eigenvalue weighted by atomic mass is 10.1. The predicted molar refractivity (Wildman–Crippen MR) is 82.0 cm³/mol. The number of methoxy groups -OCH3 is 2. The fourth-order valence-electron chi connectivity index (χ4n) is 2.24. The van der Waals surface area contributed by atoms with Gasteiger partial charge in [-0.1, -0.05) is 25.8 Å². The van der Waals surface area contributed by atoms with Crippen LogP contribution in [0.1, 0.15) is 43.4 Å². The summed E-state index contributed by atoms with van der Waals surface area (Å²) in [6.07, 6.45) is 5.17. The summed E-state index contributed by atoms with van der Waals surface area (Å²) in [5.74, 6) is 3.35. The van der Waals surface area contributed by atoms with Gasteiger partial charge in [0, 0.05) is 24.5 Å². The molecule has 2 rings (SSSR count). The fraction of sp³-hybridized carbons (Fsp3) is 0.500. The second-order valence-electron chi connectivity index (χ2n) is 5.01. The van der Waals surface area contributed by atoms with Crippen LogP contribution < -0.4 is 9.47 Å². The van der Waals surface area contributed by atoms with Crippen molar-refractivity contribution in [2.24, 2.45) is 0 Å². The minimum absolute atomic E-state index is 0.675. The molecule has 5 nitrogen and oxygen atoms in total. The third-order valence-electron chi connectivity index (χ3n) is 3.43. The number of nitrogens with zero attached hydrogens (tertiary/aromatic N) is 2. The molecule has 0 aliphatic carbocycles. The molecule has 0 bridgehead atoms. The monoisotopic (exact) mass is 289 g/mol. The molecule has 0 saturated carbocycles. The molecule has 1 N–H and O–H groups in total. The van der Waals surface area contributed by atoms with Gasteiger partial charge in [-0.25, -0.2) is 4.98 Å². The maximum Gasteiger partial charge on any atom is 0.150 e. The molecule has 114 valence electrons. The smallest absolute Gasteiger partial charge is 0.150 e. The zero-order chi connectivity index (χ0) is 15.1. The summed E-state index contributed by atoms with van der Waals surface area (Å²) < 4.78 is 10.6. The van der Waals surface area contributed by atoms with E-state index in [0.29, 0.717) is 6.42 Å². The van der Waals surface area contributed by atoms with Crippen LogP contribution in [-0.4, -0.2) is 29.4 Å². The number of aromatic amines is 1. The molecule has 1 aromatic carbocycles. The van der Waals surface area contributed by atoms with Crippen LogP contribution in [0.3, 0.4) is 0 Å². The Kier molecular flexibility index (Phi) is 5.60. The number of H-pyrrole nitrogens is 1. The highest BCUT2D eigenvalue weighted by atomic mass is 16.5. The molecule has 1 heterocycles. The van der Waals surface area contributed by atoms with Crippen molar-refractivity contribution in [2.45, 2.75) is 39.0 Å². The van der Waals surface area contributed by atoms with Gasteiger partial charge in [0.15, 0.2) is 5.82 Å². The number of ether oxygens (including phenoxy) is 2. The topological polar surface area (TPSA) is 60.0 Å². The van der Waals surface area contributed by atoms with E-state index in [1.54, 1.807) is 14.2 Å². The van der Waals surface area contributed by atoms with E-state index in [4.69, 9.17) is 9.47 Å². The van der Waals surface area contributed by atoms with Gasteiger partial charge in [0.1, 0.15) is 17.3 Å². The van der Waals surface area contributed by atoms with Gasteiger partial charge in [-0.2, -0.15) is 5.10 Å². The molecular weight excluding hydrogens is 266 g/mol. The van der Waals surface area contributed by atoms with Crippen molar-refractivity contribution < 1.29 is 9.47 Å². The molecule has 1 aromatic heterocycles. The molecule has 21 heavy (non-hydrogen) atoms. The minimum atomic E-state index is 0.675. The summed E-state index contributed by atoms with van der Waals surface area (Å²) in [5.41, 5.74) is 1.06. The Morgan fingerprint density at radius 2 is 2.00 bits per heavy atom. The zero-order valence-electron chi connectivity index (χ0n) is 13.0. The first-order valence-electron chi connectivity index (χ1n) is 7.37. The van der Waals surface area contributed by atoms with Crippen molar-refractivity contribution in [3.05, 3.63) is 35.4 Å². The summed E-state index contributed by atoms with van der Waals surface area (Å²) in [4.78, 5) is 4.54. The Bertz CT molecular complexity index is 566. The second-order valence-corrected chi connectivity index (χ2v) is 5.01. The van der Waals surface area contributed by atoms with E-state index in [1.165, 1.54) is 12.8 Å². The molecule has 5 heteroatoms. The van der Waals surface area contributed by atoms with Crippen LogP contribution in [0.25, 0.3) is 0 Å². The van der Waals surface area contributed by atoms with Gasteiger partial charge in [-0.15, -0.1) is 0 Å². The van der Waals surface area contributed by atoms with Gasteiger partial charge in [0.25, 0.3) is 0 Å². The molecule has 0 spiro atoms. The van der Waals surface area contributed by atoms with E-state index in [1.807, 2.05) is 18.2 Å². The average Bonchev–Trinajstić information content (AvgIpc) is 2.95. The predicted octanol–water partition coefficient (Wildman–Crippen LogP) is 3.15. The van der Waals surface area contributed by atoms with Crippen LogP contribution in [-0.2, 0) is 12.8 Å². The third kappa shape index (κ3) is 4.21. The summed E-state index contributed by atoms with van der Waals surface area (Å²) in [5, 5.41) is 7.28. The SMILES string of the molecule is CCCCCc1n[nH]c(Cc2ccc(OC)cc2OC)n1. The van der Waals surface area contributed by atoms with Crippen molar-refractivity contribution >= 4 is 0 Å². The normalized spacial score (nSPS) is 10.6. The lowest BCUT2D eigenvalue weighted by Crippen LogP contribution is -1.97. The molecule has 0 radical (unpaired) electrons. The first kappa shape index (κ1) is 15.4. The first-order chi connectivity index (χ1) is 10.3. The standard InChI is InChI=1S/C16H23N3O2/c1-4-5-6-7-15-17-16(19-18-15)10-12-8-9-13(20-2)11-14(12)21-3/h8-9,11H,4-7,10H2,1-3H3,(H,17,18,19). The van der Waals surface area contributed by atoms with Crippen LogP contribution in [0.4, 0.5) is 0 Å². The van der Waals surface area contributed by atoms with Crippen LogP contribution in [0, 0.1) is 0 Å². The Balaban J connectivity index is 2.04. The Morgan fingerprint density at radius 1 is 1.14 bits per heavy atom. The van der Waals surface area contributed by atoms with Crippen molar-refractivity contribution in [3.63, 3.8) is 0 Å². The quantitative estimate of drug-likeness (QED) is 0.758. The van der Waals surface area contributed by atoms with Crippen LogP contribution in [0.15, 0.2) is 18.2 Å². The number of benzene rings is 1. The highest BCUT2D eigenvalue weighted by Crippen LogP contribution is 2.25. The highest BCUT2D eigenvalue weighted by Gasteiger charge is 2.09. The summed E-state index contributed by atoms with van der Waals surface area (Å²) >= 11 is 0. The van der Waals surface area contributed by atoms with E-state index in [9.17, 15) is 0 Å². The minimum Gasteiger partial charge on any atom is -0.497 e. The van der Waals surface area contributed by atoms with Gasteiger partial charge in [-0.05, 0) is 12.5 Å². The lowest BCUT2D eigenvalue weighted by Gasteiger charge is -2.09. The molecule has 0 atom stereocenters. The number of unbranched alkanes of at least 4 members (excludes halogenated alkanes) is 2. The Morgan fingerprint density at radius 3 is 2.71 bits per heavy atom. The van der Waals surface area contributed by atoms with Gasteiger partial charge in [0.2, 0.25) is 0 Å². The largest absolute Gasteiger partial charge is 0.497 e. The molecule has 2 aromatic rings. The van der Waals surface area contributed by atoms with E-state index >= 15 is 0 Å². The van der Waals surface area contributed by atoms with Crippen LogP contribution in [0.2, 0.25) is 0 Å². The number of aromatic nitrogens is 3. The summed E-state index contributed by atoms with van der Waals surface area (Å²) in [6.45, 7) is 2.19. The number of aryl methyl sites for hydroxylation is 1. The van der Waals surface area contributed by atoms with Crippen molar-refractivity contribution in [2.75, 3.05) is 14.2 Å². The van der Waals surface area contributed by atoms with Crippen molar-refractivity contribution in [1.82, 2.24) is 15.2 Å². The molecule has 0 aliphatic heterocycles. The average molecular weight is 289 g/mol.